The summed E-state index contributed by atoms with van der Waals surface area (Å²) in [6.45, 7) is 1.20. The van der Waals surface area contributed by atoms with Gasteiger partial charge in [0.1, 0.15) is 11.9 Å². The lowest BCUT2D eigenvalue weighted by molar-refractivity contribution is 0.0558. The number of ether oxygens (including phenoxy) is 1. The molecular formula is C20H15FN2O5. The van der Waals surface area contributed by atoms with Crippen molar-refractivity contribution < 1.29 is 28.3 Å². The Labute approximate surface area is 159 Å². The highest BCUT2D eigenvalue weighted by Crippen LogP contribution is 2.27. The van der Waals surface area contributed by atoms with E-state index >= 15 is 0 Å². The summed E-state index contributed by atoms with van der Waals surface area (Å²) in [5.41, 5.74) is 0.794. The smallest absolute Gasteiger partial charge is 0.414 e. The molecule has 0 N–H and O–H groups in total. The molecule has 1 saturated heterocycles. The highest BCUT2D eigenvalue weighted by Gasteiger charge is 2.40. The Bertz CT molecular complexity index is 1000. The van der Waals surface area contributed by atoms with Crippen molar-refractivity contribution in [2.45, 2.75) is 13.0 Å². The zero-order valence-electron chi connectivity index (χ0n) is 14.8. The van der Waals surface area contributed by atoms with E-state index in [1.54, 1.807) is 24.3 Å². The summed E-state index contributed by atoms with van der Waals surface area (Å²) in [4.78, 5) is 50.7. The minimum absolute atomic E-state index is 0.0467. The van der Waals surface area contributed by atoms with Crippen LogP contribution >= 0.6 is 0 Å². The van der Waals surface area contributed by atoms with Crippen LogP contribution in [0.5, 0.6) is 0 Å². The second kappa shape index (κ2) is 6.56. The Kier molecular flexibility index (Phi) is 4.18. The Morgan fingerprint density at radius 2 is 1.75 bits per heavy atom. The van der Waals surface area contributed by atoms with Crippen LogP contribution in [0.15, 0.2) is 42.5 Å². The molecule has 28 heavy (non-hydrogen) atoms. The number of hydrogen-bond donors (Lipinski definition) is 0. The second-order valence-electron chi connectivity index (χ2n) is 6.60. The molecule has 3 amide bonds. The van der Waals surface area contributed by atoms with Gasteiger partial charge in [0.05, 0.1) is 35.5 Å². The monoisotopic (exact) mass is 382 g/mol. The number of halogens is 1. The van der Waals surface area contributed by atoms with Gasteiger partial charge in [0.2, 0.25) is 0 Å². The number of fused-ring (bicyclic) bond motifs is 1. The molecule has 1 fully saturated rings. The van der Waals surface area contributed by atoms with Crippen molar-refractivity contribution in [3.63, 3.8) is 0 Å². The van der Waals surface area contributed by atoms with Crippen molar-refractivity contribution in [3.8, 4) is 0 Å². The van der Waals surface area contributed by atoms with Gasteiger partial charge in [-0.15, -0.1) is 0 Å². The summed E-state index contributed by atoms with van der Waals surface area (Å²) < 4.78 is 19.3. The lowest BCUT2D eigenvalue weighted by atomic mass is 10.1. The van der Waals surface area contributed by atoms with Gasteiger partial charge in [-0.25, -0.2) is 9.18 Å². The fourth-order valence-corrected chi connectivity index (χ4v) is 3.39. The van der Waals surface area contributed by atoms with Crippen LogP contribution in [-0.4, -0.2) is 47.8 Å². The van der Waals surface area contributed by atoms with Gasteiger partial charge >= 0.3 is 6.09 Å². The van der Waals surface area contributed by atoms with Gasteiger partial charge in [-0.05, 0) is 37.3 Å². The highest BCUT2D eigenvalue weighted by molar-refractivity contribution is 6.21. The largest absolute Gasteiger partial charge is 0.442 e. The quantitative estimate of drug-likeness (QED) is 0.600. The van der Waals surface area contributed by atoms with E-state index in [4.69, 9.17) is 4.74 Å². The number of ketones is 1. The number of nitrogens with zero attached hydrogens (tertiary/aromatic N) is 2. The average molecular weight is 382 g/mol. The van der Waals surface area contributed by atoms with E-state index in [9.17, 15) is 23.6 Å². The fourth-order valence-electron chi connectivity index (χ4n) is 3.39. The molecule has 8 heteroatoms. The van der Waals surface area contributed by atoms with Crippen LogP contribution in [0.1, 0.15) is 38.0 Å². The van der Waals surface area contributed by atoms with Gasteiger partial charge in [0.25, 0.3) is 11.8 Å². The summed E-state index contributed by atoms with van der Waals surface area (Å²) in [5, 5.41) is 0. The summed E-state index contributed by atoms with van der Waals surface area (Å²) in [5.74, 6) is -2.03. The Hall–Kier alpha value is -3.55. The van der Waals surface area contributed by atoms with Gasteiger partial charge in [-0.3, -0.25) is 24.2 Å². The van der Waals surface area contributed by atoms with Crippen molar-refractivity contribution >= 4 is 29.4 Å². The average Bonchev–Trinajstić information content (AvgIpc) is 3.15. The molecule has 142 valence electrons. The highest BCUT2D eigenvalue weighted by atomic mass is 19.1. The van der Waals surface area contributed by atoms with E-state index in [0.29, 0.717) is 11.1 Å². The predicted molar refractivity (Wildman–Crippen MR) is 95.8 cm³/mol. The van der Waals surface area contributed by atoms with Crippen molar-refractivity contribution in [1.29, 1.82) is 0 Å². The van der Waals surface area contributed by atoms with Gasteiger partial charge in [-0.1, -0.05) is 12.1 Å². The van der Waals surface area contributed by atoms with Crippen molar-refractivity contribution in [3.05, 3.63) is 65.0 Å². The van der Waals surface area contributed by atoms with Crippen molar-refractivity contribution in [2.75, 3.05) is 18.0 Å². The standard InChI is InChI=1S/C20H15FN2O5/c1-11(24)14-7-6-12(8-17(14)21)22-9-13(28-20(22)27)10-23-18(25)15-4-2-3-5-16(15)19(23)26/h2-8,13H,9-10H2,1H3/t13-/m1/s1. The maximum Gasteiger partial charge on any atom is 0.414 e. The van der Waals surface area contributed by atoms with Crippen LogP contribution in [0, 0.1) is 5.82 Å². The zero-order chi connectivity index (χ0) is 20.0. The lowest BCUT2D eigenvalue weighted by Gasteiger charge is -2.17. The first kappa shape index (κ1) is 17.8. The molecule has 0 radical (unpaired) electrons. The van der Waals surface area contributed by atoms with Gasteiger partial charge < -0.3 is 4.74 Å². The number of cyclic esters (lactones) is 1. The molecule has 0 aliphatic carbocycles. The first-order valence-corrected chi connectivity index (χ1v) is 8.60. The number of rotatable bonds is 4. The molecule has 2 aliphatic rings. The fraction of sp³-hybridized carbons (Fsp3) is 0.200. The topological polar surface area (TPSA) is 84.0 Å². The molecule has 1 atom stereocenters. The Morgan fingerprint density at radius 3 is 2.32 bits per heavy atom. The zero-order valence-corrected chi connectivity index (χ0v) is 14.8. The summed E-state index contributed by atoms with van der Waals surface area (Å²) in [6, 6.07) is 10.3. The van der Waals surface area contributed by atoms with E-state index in [-0.39, 0.29) is 24.3 Å². The minimum Gasteiger partial charge on any atom is -0.442 e. The molecule has 2 aromatic carbocycles. The number of hydrogen-bond acceptors (Lipinski definition) is 5. The minimum atomic E-state index is -0.745. The third-order valence-corrected chi connectivity index (χ3v) is 4.78. The van der Waals surface area contributed by atoms with Crippen LogP contribution in [0.25, 0.3) is 0 Å². The van der Waals surface area contributed by atoms with Crippen LogP contribution in [0.3, 0.4) is 0 Å². The van der Waals surface area contributed by atoms with E-state index in [2.05, 4.69) is 0 Å². The molecule has 0 saturated carbocycles. The Morgan fingerprint density at radius 1 is 1.11 bits per heavy atom. The molecule has 0 bridgehead atoms. The predicted octanol–water partition coefficient (Wildman–Crippen LogP) is 2.65. The summed E-state index contributed by atoms with van der Waals surface area (Å²) in [7, 11) is 0. The van der Waals surface area contributed by atoms with Crippen molar-refractivity contribution in [1.82, 2.24) is 4.90 Å². The third kappa shape index (κ3) is 2.83. The number of carbonyl (C=O) groups is 4. The van der Waals surface area contributed by atoms with Gasteiger partial charge in [0, 0.05) is 0 Å². The maximum atomic E-state index is 14.1. The van der Waals surface area contributed by atoms with Crippen LogP contribution in [0.4, 0.5) is 14.9 Å². The summed E-state index contributed by atoms with van der Waals surface area (Å²) in [6.07, 6.45) is -1.46. The van der Waals surface area contributed by atoms with Crippen LogP contribution in [0.2, 0.25) is 0 Å². The van der Waals surface area contributed by atoms with E-state index in [1.807, 2.05) is 0 Å². The van der Waals surface area contributed by atoms with E-state index < -0.39 is 35.6 Å². The van der Waals surface area contributed by atoms with Crippen LogP contribution in [-0.2, 0) is 4.74 Å². The number of imide groups is 1. The van der Waals surface area contributed by atoms with Crippen molar-refractivity contribution in [2.24, 2.45) is 0 Å². The number of carbonyl (C=O) groups excluding carboxylic acids is 4. The number of anilines is 1. The number of Topliss-reactive ketones (excluding diaryl/α,β-unsaturated/α-hetero) is 1. The molecule has 2 aliphatic heterocycles. The molecule has 2 aromatic rings. The third-order valence-electron chi connectivity index (χ3n) is 4.78. The summed E-state index contributed by atoms with van der Waals surface area (Å²) >= 11 is 0. The SMILES string of the molecule is CC(=O)c1ccc(N2C[C@H](CN3C(=O)c4ccccc4C3=O)OC2=O)cc1F. The van der Waals surface area contributed by atoms with E-state index in [1.165, 1.54) is 24.0 Å². The molecule has 4 rings (SSSR count). The normalized spacial score (nSPS) is 18.5. The number of amides is 3. The lowest BCUT2D eigenvalue weighted by Crippen LogP contribution is -2.38. The first-order chi connectivity index (χ1) is 13.4. The second-order valence-corrected chi connectivity index (χ2v) is 6.60. The maximum absolute atomic E-state index is 14.1. The van der Waals surface area contributed by atoms with Crippen LogP contribution < -0.4 is 4.90 Å². The molecule has 0 aromatic heterocycles. The molecule has 7 nitrogen and oxygen atoms in total. The van der Waals surface area contributed by atoms with Gasteiger partial charge in [0.15, 0.2) is 5.78 Å². The number of benzene rings is 2. The molecule has 0 unspecified atom stereocenters. The first-order valence-electron chi connectivity index (χ1n) is 8.60. The van der Waals surface area contributed by atoms with Gasteiger partial charge in [-0.2, -0.15) is 0 Å². The Balaban J connectivity index is 1.50. The molecule has 2 heterocycles. The molecule has 0 spiro atoms. The molecular weight excluding hydrogens is 367 g/mol. The van der Waals surface area contributed by atoms with E-state index in [0.717, 1.165) is 11.0 Å².